The molecule has 11 nitrogen and oxygen atoms in total. The predicted octanol–water partition coefficient (Wildman–Crippen LogP) is 2.40. The molecule has 3 rings (SSSR count). The number of hydrogen-bond donors (Lipinski definition) is 2. The zero-order valence-corrected chi connectivity index (χ0v) is 19.4. The number of hydrogen-bond acceptors (Lipinski definition) is 9. The van der Waals surface area contributed by atoms with Crippen LogP contribution < -0.4 is 14.7 Å². The van der Waals surface area contributed by atoms with Gasteiger partial charge in [0.2, 0.25) is 0 Å². The van der Waals surface area contributed by atoms with Crippen LogP contribution in [0.4, 0.5) is 0 Å². The van der Waals surface area contributed by atoms with E-state index < -0.39 is 22.0 Å². The van der Waals surface area contributed by atoms with Gasteiger partial charge < -0.3 is 19.5 Å². The Morgan fingerprint density at radius 2 is 1.88 bits per heavy atom. The van der Waals surface area contributed by atoms with Crippen LogP contribution in [0.1, 0.15) is 30.9 Å². The number of nitrogens with one attached hydrogen (secondary N) is 1. The van der Waals surface area contributed by atoms with Crippen LogP contribution >= 0.6 is 0 Å². The zero-order valence-electron chi connectivity index (χ0n) is 18.6. The lowest BCUT2D eigenvalue weighted by Gasteiger charge is -2.22. The van der Waals surface area contributed by atoms with Crippen molar-refractivity contribution in [3.05, 3.63) is 53.6 Å². The molecule has 1 aliphatic rings. The van der Waals surface area contributed by atoms with Gasteiger partial charge in [0.05, 0.1) is 18.8 Å². The number of rotatable bonds is 9. The fourth-order valence-electron chi connectivity index (χ4n) is 2.99. The zero-order chi connectivity index (χ0) is 24.9. The van der Waals surface area contributed by atoms with Crippen molar-refractivity contribution in [3.8, 4) is 17.6 Å². The second-order valence-corrected chi connectivity index (χ2v) is 9.43. The third-order valence-corrected chi connectivity index (χ3v) is 6.21. The van der Waals surface area contributed by atoms with Crippen LogP contribution in [-0.2, 0) is 24.6 Å². The van der Waals surface area contributed by atoms with E-state index >= 15 is 0 Å². The fourth-order valence-corrected chi connectivity index (χ4v) is 4.06. The van der Waals surface area contributed by atoms with Crippen LogP contribution in [0.3, 0.4) is 0 Å². The summed E-state index contributed by atoms with van der Waals surface area (Å²) in [5.74, 6) is -0.836. The van der Waals surface area contributed by atoms with E-state index in [1.54, 1.807) is 25.1 Å². The Hall–Kier alpha value is -3.82. The molecule has 3 N–H and O–H groups in total. The van der Waals surface area contributed by atoms with E-state index in [1.807, 2.05) is 6.07 Å². The molecule has 180 valence electrons. The van der Waals surface area contributed by atoms with Gasteiger partial charge >= 0.3 is 16.1 Å². The number of hydroxylamine groups is 2. The van der Waals surface area contributed by atoms with Crippen LogP contribution in [0.15, 0.2) is 47.4 Å². The summed E-state index contributed by atoms with van der Waals surface area (Å²) in [7, 11) is -4.23. The molecule has 1 aliphatic carbocycles. The average Bonchev–Trinajstić information content (AvgIpc) is 3.54. The van der Waals surface area contributed by atoms with Crippen LogP contribution in [0.5, 0.6) is 11.5 Å². The molecular weight excluding hydrogens is 464 g/mol. The summed E-state index contributed by atoms with van der Waals surface area (Å²) in [5, 5.41) is 17.1. The Morgan fingerprint density at radius 3 is 2.50 bits per heavy atom. The quantitative estimate of drug-likeness (QED) is 0.232. The molecule has 0 amide bonds. The van der Waals surface area contributed by atoms with Gasteiger partial charge in [-0.1, -0.05) is 12.1 Å². The van der Waals surface area contributed by atoms with Gasteiger partial charge in [-0.05, 0) is 54.8 Å². The maximum Gasteiger partial charge on any atom is 0.340 e. The SMILES string of the molecule is CC(=O)ON(OCC1(COc2cc(C)cc(OS(=O)(=O)c3ccccc3C#N)c2)CC1)C(=N)N. The Bertz CT molecular complexity index is 1240. The maximum absolute atomic E-state index is 12.7. The summed E-state index contributed by atoms with van der Waals surface area (Å²) in [4.78, 5) is 20.9. The highest BCUT2D eigenvalue weighted by Crippen LogP contribution is 2.46. The van der Waals surface area contributed by atoms with Crippen molar-refractivity contribution < 1.29 is 31.8 Å². The molecule has 0 radical (unpaired) electrons. The van der Waals surface area contributed by atoms with Gasteiger partial charge in [0, 0.05) is 18.4 Å². The van der Waals surface area contributed by atoms with Crippen molar-refractivity contribution in [2.24, 2.45) is 11.1 Å². The summed E-state index contributed by atoms with van der Waals surface area (Å²) < 4.78 is 36.6. The number of benzene rings is 2. The molecule has 0 atom stereocenters. The van der Waals surface area contributed by atoms with E-state index in [0.717, 1.165) is 19.8 Å². The highest BCUT2D eigenvalue weighted by atomic mass is 32.2. The molecule has 0 bridgehead atoms. The summed E-state index contributed by atoms with van der Waals surface area (Å²) in [5.41, 5.74) is 5.65. The standard InChI is InChI=1S/C22H24N4O7S/c1-15-9-18(30-13-22(7-8-22)14-31-26(21(24)25)32-16(2)27)11-19(10-15)33-34(28,29)20-6-4-3-5-17(20)12-23/h3-6,9-11H,7-8,13-14H2,1-2H3,(H3,24,25). The Balaban J connectivity index is 1.67. The van der Waals surface area contributed by atoms with Crippen LogP contribution in [0, 0.1) is 29.1 Å². The van der Waals surface area contributed by atoms with Gasteiger partial charge in [0.25, 0.3) is 5.96 Å². The first kappa shape index (κ1) is 24.8. The Kier molecular flexibility index (Phi) is 7.29. The predicted molar refractivity (Wildman–Crippen MR) is 119 cm³/mol. The van der Waals surface area contributed by atoms with E-state index in [0.29, 0.717) is 16.5 Å². The number of nitrogens with two attached hydrogens (primary N) is 1. The highest BCUT2D eigenvalue weighted by molar-refractivity contribution is 7.87. The number of nitriles is 1. The Morgan fingerprint density at radius 1 is 1.21 bits per heavy atom. The first-order valence-corrected chi connectivity index (χ1v) is 11.6. The van der Waals surface area contributed by atoms with Crippen molar-refractivity contribution in [1.82, 2.24) is 5.23 Å². The van der Waals surface area contributed by atoms with Crippen molar-refractivity contribution in [2.45, 2.75) is 31.6 Å². The average molecular weight is 489 g/mol. The molecule has 0 saturated heterocycles. The molecule has 0 unspecified atom stereocenters. The molecule has 2 aromatic rings. The minimum absolute atomic E-state index is 0.0179. The minimum Gasteiger partial charge on any atom is -0.493 e. The van der Waals surface area contributed by atoms with Gasteiger partial charge in [-0.2, -0.15) is 13.7 Å². The number of ether oxygens (including phenoxy) is 1. The number of carbonyl (C=O) groups excluding carboxylic acids is 1. The van der Waals surface area contributed by atoms with E-state index in [4.69, 9.17) is 29.7 Å². The van der Waals surface area contributed by atoms with Crippen LogP contribution in [0.2, 0.25) is 0 Å². The largest absolute Gasteiger partial charge is 0.493 e. The molecule has 1 saturated carbocycles. The lowest BCUT2D eigenvalue weighted by atomic mass is 10.1. The highest BCUT2D eigenvalue weighted by Gasteiger charge is 2.45. The molecule has 2 aromatic carbocycles. The number of guanidine groups is 1. The number of aryl methyl sites for hydroxylation is 1. The van der Waals surface area contributed by atoms with E-state index in [1.165, 1.54) is 24.3 Å². The van der Waals surface area contributed by atoms with E-state index in [-0.39, 0.29) is 34.8 Å². The molecular formula is C22H24N4O7S. The first-order valence-electron chi connectivity index (χ1n) is 10.2. The molecule has 0 aromatic heterocycles. The lowest BCUT2D eigenvalue weighted by Crippen LogP contribution is -2.39. The smallest absolute Gasteiger partial charge is 0.340 e. The second kappa shape index (κ2) is 9.98. The minimum atomic E-state index is -4.23. The molecule has 0 heterocycles. The van der Waals surface area contributed by atoms with Gasteiger partial charge in [-0.15, -0.1) is 0 Å². The summed E-state index contributed by atoms with van der Waals surface area (Å²) in [6.45, 7) is 3.24. The second-order valence-electron chi connectivity index (χ2n) is 7.91. The van der Waals surface area contributed by atoms with Gasteiger partial charge in [-0.3, -0.25) is 5.41 Å². The molecule has 0 spiro atoms. The maximum atomic E-state index is 12.7. The summed E-state index contributed by atoms with van der Waals surface area (Å²) in [6, 6.07) is 12.3. The van der Waals surface area contributed by atoms with Gasteiger partial charge in [-0.25, -0.2) is 9.63 Å². The molecule has 1 fully saturated rings. The van der Waals surface area contributed by atoms with Crippen molar-refractivity contribution >= 4 is 22.0 Å². The van der Waals surface area contributed by atoms with Crippen LogP contribution in [0.25, 0.3) is 0 Å². The first-order chi connectivity index (χ1) is 16.0. The summed E-state index contributed by atoms with van der Waals surface area (Å²) in [6.07, 6.45) is 1.54. The van der Waals surface area contributed by atoms with E-state index in [9.17, 15) is 18.5 Å². The lowest BCUT2D eigenvalue weighted by molar-refractivity contribution is -0.304. The summed E-state index contributed by atoms with van der Waals surface area (Å²) >= 11 is 0. The molecule has 0 aliphatic heterocycles. The third kappa shape index (κ3) is 6.37. The number of carbonyl (C=O) groups is 1. The van der Waals surface area contributed by atoms with Crippen molar-refractivity contribution in [2.75, 3.05) is 13.2 Å². The van der Waals surface area contributed by atoms with Crippen LogP contribution in [-0.4, -0.2) is 38.8 Å². The van der Waals surface area contributed by atoms with Gasteiger partial charge in [0.15, 0.2) is 0 Å². The monoisotopic (exact) mass is 488 g/mol. The fraction of sp³-hybridized carbons (Fsp3) is 0.318. The van der Waals surface area contributed by atoms with E-state index in [2.05, 4.69) is 0 Å². The third-order valence-electron chi connectivity index (χ3n) is 4.91. The van der Waals surface area contributed by atoms with Crippen molar-refractivity contribution in [3.63, 3.8) is 0 Å². The molecule has 12 heteroatoms. The van der Waals surface area contributed by atoms with Crippen molar-refractivity contribution in [1.29, 1.82) is 10.7 Å². The molecule has 34 heavy (non-hydrogen) atoms. The van der Waals surface area contributed by atoms with Gasteiger partial charge in [0.1, 0.15) is 22.5 Å². The normalized spacial score (nSPS) is 13.9. The number of nitrogens with zero attached hydrogens (tertiary/aromatic N) is 2. The Labute approximate surface area is 197 Å². The topological polar surface area (TPSA) is 165 Å².